The Morgan fingerprint density at radius 1 is 1.11 bits per heavy atom. The van der Waals surface area contributed by atoms with Crippen LogP contribution in [0.1, 0.15) is 23.3 Å². The second-order valence-electron chi connectivity index (χ2n) is 6.97. The number of aromatic nitrogens is 2. The number of hydrogen-bond acceptors (Lipinski definition) is 5. The van der Waals surface area contributed by atoms with Crippen molar-refractivity contribution in [2.24, 2.45) is 5.92 Å². The first-order valence-corrected chi connectivity index (χ1v) is 9.28. The number of H-pyrrole nitrogens is 1. The van der Waals surface area contributed by atoms with Crippen LogP contribution in [0.4, 0.5) is 0 Å². The number of nitrogens with one attached hydrogen (secondary N) is 1. The molecule has 0 spiro atoms. The van der Waals surface area contributed by atoms with Gasteiger partial charge in [0.2, 0.25) is 5.91 Å². The van der Waals surface area contributed by atoms with Crippen molar-refractivity contribution in [1.29, 1.82) is 0 Å². The fraction of sp³-hybridized carbons (Fsp3) is 0.474. The standard InChI is InChI=1S/C19H22N4O4/c24-17(13-6-11-27-12-13)22-7-3-8-23(10-9-22)18(25)16-14-4-1-2-5-15(14)20-19(26)21-16/h1-2,4-5,13H,3,6-12H2,(H,20,21,26). The molecule has 8 heteroatoms. The van der Waals surface area contributed by atoms with Gasteiger partial charge in [-0.3, -0.25) is 9.59 Å². The minimum absolute atomic E-state index is 0.0643. The van der Waals surface area contributed by atoms with Gasteiger partial charge in [0.05, 0.1) is 18.0 Å². The molecule has 2 aliphatic heterocycles. The van der Waals surface area contributed by atoms with Gasteiger partial charge in [0.1, 0.15) is 5.69 Å². The van der Waals surface area contributed by atoms with Crippen LogP contribution in [0.25, 0.3) is 10.9 Å². The number of carbonyl (C=O) groups excluding carboxylic acids is 2. The van der Waals surface area contributed by atoms with Gasteiger partial charge in [-0.25, -0.2) is 4.79 Å². The lowest BCUT2D eigenvalue weighted by molar-refractivity contribution is -0.135. The van der Waals surface area contributed by atoms with E-state index >= 15 is 0 Å². The molecular weight excluding hydrogens is 348 g/mol. The monoisotopic (exact) mass is 370 g/mol. The van der Waals surface area contributed by atoms with Crippen LogP contribution in [-0.2, 0) is 9.53 Å². The summed E-state index contributed by atoms with van der Waals surface area (Å²) in [4.78, 5) is 47.6. The highest BCUT2D eigenvalue weighted by Crippen LogP contribution is 2.19. The van der Waals surface area contributed by atoms with Crippen LogP contribution in [0.3, 0.4) is 0 Å². The maximum absolute atomic E-state index is 13.0. The van der Waals surface area contributed by atoms with E-state index in [0.717, 1.165) is 6.42 Å². The van der Waals surface area contributed by atoms with Gasteiger partial charge in [-0.2, -0.15) is 4.98 Å². The summed E-state index contributed by atoms with van der Waals surface area (Å²) in [5.41, 5.74) is 0.219. The van der Waals surface area contributed by atoms with Gasteiger partial charge in [-0.15, -0.1) is 0 Å². The van der Waals surface area contributed by atoms with Crippen LogP contribution >= 0.6 is 0 Å². The molecule has 8 nitrogen and oxygen atoms in total. The second kappa shape index (κ2) is 7.48. The average molecular weight is 370 g/mol. The van der Waals surface area contributed by atoms with Gasteiger partial charge in [0.15, 0.2) is 0 Å². The number of fused-ring (bicyclic) bond motifs is 1. The number of benzene rings is 1. The molecule has 142 valence electrons. The zero-order valence-electron chi connectivity index (χ0n) is 15.0. The van der Waals surface area contributed by atoms with E-state index in [1.54, 1.807) is 23.1 Å². The van der Waals surface area contributed by atoms with Crippen LogP contribution in [0.5, 0.6) is 0 Å². The number of para-hydroxylation sites is 1. The van der Waals surface area contributed by atoms with Crippen molar-refractivity contribution in [2.45, 2.75) is 12.8 Å². The number of carbonyl (C=O) groups is 2. The van der Waals surface area contributed by atoms with Crippen molar-refractivity contribution in [3.05, 3.63) is 40.4 Å². The molecule has 0 radical (unpaired) electrons. The van der Waals surface area contributed by atoms with E-state index < -0.39 is 5.69 Å². The summed E-state index contributed by atoms with van der Waals surface area (Å²) in [5, 5.41) is 0.627. The fourth-order valence-corrected chi connectivity index (χ4v) is 3.74. The highest BCUT2D eigenvalue weighted by molar-refractivity contribution is 6.04. The summed E-state index contributed by atoms with van der Waals surface area (Å²) >= 11 is 0. The summed E-state index contributed by atoms with van der Waals surface area (Å²) in [6.07, 6.45) is 1.47. The molecule has 2 fully saturated rings. The van der Waals surface area contributed by atoms with Crippen molar-refractivity contribution in [1.82, 2.24) is 19.8 Å². The lowest BCUT2D eigenvalue weighted by Crippen LogP contribution is -2.40. The van der Waals surface area contributed by atoms with E-state index in [1.807, 2.05) is 11.0 Å². The highest BCUT2D eigenvalue weighted by atomic mass is 16.5. The molecule has 1 atom stereocenters. The van der Waals surface area contributed by atoms with Gasteiger partial charge in [0.25, 0.3) is 5.91 Å². The third-order valence-corrected chi connectivity index (χ3v) is 5.21. The predicted molar refractivity (Wildman–Crippen MR) is 98.4 cm³/mol. The first-order chi connectivity index (χ1) is 13.1. The Balaban J connectivity index is 1.52. The van der Waals surface area contributed by atoms with Crippen LogP contribution in [-0.4, -0.2) is 71.0 Å². The normalized spacial score (nSPS) is 20.7. The smallest absolute Gasteiger partial charge is 0.346 e. The number of hydrogen-bond donors (Lipinski definition) is 1. The van der Waals surface area contributed by atoms with Gasteiger partial charge < -0.3 is 19.5 Å². The molecule has 1 aromatic carbocycles. The van der Waals surface area contributed by atoms with Gasteiger partial charge in [-0.05, 0) is 18.9 Å². The lowest BCUT2D eigenvalue weighted by Gasteiger charge is -2.24. The van der Waals surface area contributed by atoms with Crippen molar-refractivity contribution in [3.63, 3.8) is 0 Å². The molecular formula is C19H22N4O4. The van der Waals surface area contributed by atoms with Crippen molar-refractivity contribution >= 4 is 22.7 Å². The highest BCUT2D eigenvalue weighted by Gasteiger charge is 2.30. The topological polar surface area (TPSA) is 95.6 Å². The summed E-state index contributed by atoms with van der Waals surface area (Å²) in [6, 6.07) is 7.14. The molecule has 1 N–H and O–H groups in total. The number of aromatic amines is 1. The lowest BCUT2D eigenvalue weighted by atomic mass is 10.1. The van der Waals surface area contributed by atoms with E-state index in [9.17, 15) is 14.4 Å². The largest absolute Gasteiger partial charge is 0.381 e. The van der Waals surface area contributed by atoms with Crippen LogP contribution in [0.15, 0.2) is 29.1 Å². The Morgan fingerprint density at radius 2 is 1.89 bits per heavy atom. The van der Waals surface area contributed by atoms with E-state index in [0.29, 0.717) is 56.7 Å². The zero-order valence-corrected chi connectivity index (χ0v) is 15.0. The molecule has 4 rings (SSSR count). The SMILES string of the molecule is O=C(c1nc(=O)[nH]c2ccccc12)N1CCCN(C(=O)C2CCOC2)CC1. The number of nitrogens with zero attached hydrogens (tertiary/aromatic N) is 3. The third-order valence-electron chi connectivity index (χ3n) is 5.21. The van der Waals surface area contributed by atoms with Gasteiger partial charge in [0, 0.05) is 38.2 Å². The molecule has 1 unspecified atom stereocenters. The van der Waals surface area contributed by atoms with E-state index in [2.05, 4.69) is 9.97 Å². The summed E-state index contributed by atoms with van der Waals surface area (Å²) < 4.78 is 5.32. The molecule has 2 amide bonds. The van der Waals surface area contributed by atoms with E-state index in [4.69, 9.17) is 4.74 Å². The number of amides is 2. The van der Waals surface area contributed by atoms with Gasteiger partial charge >= 0.3 is 5.69 Å². The molecule has 0 saturated carbocycles. The quantitative estimate of drug-likeness (QED) is 0.837. The molecule has 1 aromatic heterocycles. The van der Waals surface area contributed by atoms with Crippen LogP contribution in [0, 0.1) is 5.92 Å². The molecule has 0 aliphatic carbocycles. The van der Waals surface area contributed by atoms with Crippen LogP contribution in [0.2, 0.25) is 0 Å². The van der Waals surface area contributed by atoms with E-state index in [-0.39, 0.29) is 23.4 Å². The minimum Gasteiger partial charge on any atom is -0.381 e. The predicted octanol–water partition coefficient (Wildman–Crippen LogP) is 0.634. The summed E-state index contributed by atoms with van der Waals surface area (Å²) in [6.45, 7) is 3.20. The van der Waals surface area contributed by atoms with Crippen LogP contribution < -0.4 is 5.69 Å². The summed E-state index contributed by atoms with van der Waals surface area (Å²) in [5.74, 6) is -0.220. The first kappa shape index (κ1) is 17.7. The third kappa shape index (κ3) is 3.57. The van der Waals surface area contributed by atoms with Crippen molar-refractivity contribution < 1.29 is 14.3 Å². The second-order valence-corrected chi connectivity index (χ2v) is 6.97. The maximum Gasteiger partial charge on any atom is 0.346 e. The Hall–Kier alpha value is -2.74. The molecule has 2 aromatic rings. The van der Waals surface area contributed by atoms with Gasteiger partial charge in [-0.1, -0.05) is 18.2 Å². The average Bonchev–Trinajstić information content (AvgIpc) is 3.11. The summed E-state index contributed by atoms with van der Waals surface area (Å²) in [7, 11) is 0. The molecule has 0 bridgehead atoms. The van der Waals surface area contributed by atoms with Crippen molar-refractivity contribution in [2.75, 3.05) is 39.4 Å². The molecule has 2 aliphatic rings. The minimum atomic E-state index is -0.537. The number of ether oxygens (including phenoxy) is 1. The molecule has 27 heavy (non-hydrogen) atoms. The molecule has 2 saturated heterocycles. The maximum atomic E-state index is 13.0. The Morgan fingerprint density at radius 3 is 2.70 bits per heavy atom. The Labute approximate surface area is 156 Å². The zero-order chi connectivity index (χ0) is 18.8. The van der Waals surface area contributed by atoms with Crippen molar-refractivity contribution in [3.8, 4) is 0 Å². The fourth-order valence-electron chi connectivity index (χ4n) is 3.74. The van der Waals surface area contributed by atoms with E-state index in [1.165, 1.54) is 0 Å². The molecule has 3 heterocycles. The Kier molecular flexibility index (Phi) is 4.89. The Bertz CT molecular complexity index is 919. The number of rotatable bonds is 2. The first-order valence-electron chi connectivity index (χ1n) is 9.28.